The molecule has 1 N–H and O–H groups in total. The molecule has 3 aromatic rings. The molecule has 0 spiro atoms. The summed E-state index contributed by atoms with van der Waals surface area (Å²) in [6.07, 6.45) is 1.45. The van der Waals surface area contributed by atoms with Crippen molar-refractivity contribution in [2.75, 3.05) is 0 Å². The normalized spacial score (nSPS) is 11.1. The van der Waals surface area contributed by atoms with Gasteiger partial charge in [0.15, 0.2) is 5.69 Å². The first kappa shape index (κ1) is 12.7. The molecule has 0 fully saturated rings. The Morgan fingerprint density at radius 1 is 1.45 bits per heavy atom. The monoisotopic (exact) mass is 288 g/mol. The fourth-order valence-electron chi connectivity index (χ4n) is 2.11. The highest BCUT2D eigenvalue weighted by Gasteiger charge is 2.19. The molecule has 0 unspecified atom stereocenters. The van der Waals surface area contributed by atoms with Crippen LogP contribution >= 0.6 is 11.3 Å². The fourth-order valence-corrected chi connectivity index (χ4v) is 2.82. The number of thiazole rings is 1. The molecule has 20 heavy (non-hydrogen) atoms. The fraction of sp³-hybridized carbons (Fsp3) is 0.231. The predicted molar refractivity (Wildman–Crippen MR) is 75.5 cm³/mol. The average Bonchev–Trinajstić information content (AvgIpc) is 3.04. The molecule has 0 saturated carbocycles. The van der Waals surface area contributed by atoms with E-state index in [1.54, 1.807) is 10.2 Å². The number of carboxylic acid groups (broad SMARTS) is 1. The van der Waals surface area contributed by atoms with Gasteiger partial charge in [0.05, 0.1) is 27.1 Å². The number of fused-ring (bicyclic) bond motifs is 1. The van der Waals surface area contributed by atoms with Gasteiger partial charge in [-0.05, 0) is 24.6 Å². The van der Waals surface area contributed by atoms with E-state index in [1.165, 1.54) is 11.3 Å². The first-order valence-corrected chi connectivity index (χ1v) is 7.10. The molecule has 0 saturated heterocycles. The second kappa shape index (κ2) is 5.01. The van der Waals surface area contributed by atoms with Crippen LogP contribution in [-0.2, 0) is 6.42 Å². The SMILES string of the molecule is CCCc1c(C(=O)O)nnn1-c1ccc2ncsc2c1. The molecule has 0 bridgehead atoms. The molecule has 3 rings (SSSR count). The molecule has 102 valence electrons. The molecule has 6 nitrogen and oxygen atoms in total. The second-order valence-corrected chi connectivity index (χ2v) is 5.24. The van der Waals surface area contributed by atoms with E-state index in [0.29, 0.717) is 12.1 Å². The Morgan fingerprint density at radius 3 is 3.05 bits per heavy atom. The minimum absolute atomic E-state index is 0.0243. The first-order chi connectivity index (χ1) is 9.70. The van der Waals surface area contributed by atoms with Gasteiger partial charge in [0.25, 0.3) is 0 Å². The van der Waals surface area contributed by atoms with Crippen LogP contribution in [0.4, 0.5) is 0 Å². The maximum Gasteiger partial charge on any atom is 0.358 e. The van der Waals surface area contributed by atoms with Crippen LogP contribution in [0.15, 0.2) is 23.7 Å². The molecule has 0 atom stereocenters. The number of hydrogen-bond donors (Lipinski definition) is 1. The average molecular weight is 288 g/mol. The van der Waals surface area contributed by atoms with E-state index >= 15 is 0 Å². The predicted octanol–water partition coefficient (Wildman–Crippen LogP) is 2.53. The lowest BCUT2D eigenvalue weighted by molar-refractivity contribution is 0.0689. The van der Waals surface area contributed by atoms with E-state index in [1.807, 2.05) is 25.1 Å². The Labute approximate surface area is 118 Å². The van der Waals surface area contributed by atoms with E-state index in [2.05, 4.69) is 15.3 Å². The molecule has 1 aromatic carbocycles. The molecule has 0 radical (unpaired) electrons. The van der Waals surface area contributed by atoms with Crippen molar-refractivity contribution in [3.63, 3.8) is 0 Å². The van der Waals surface area contributed by atoms with Crippen molar-refractivity contribution in [1.82, 2.24) is 20.0 Å². The van der Waals surface area contributed by atoms with Crippen molar-refractivity contribution in [3.05, 3.63) is 35.1 Å². The topological polar surface area (TPSA) is 80.9 Å². The van der Waals surface area contributed by atoms with Crippen molar-refractivity contribution < 1.29 is 9.90 Å². The lowest BCUT2D eigenvalue weighted by Gasteiger charge is -2.05. The van der Waals surface area contributed by atoms with E-state index in [9.17, 15) is 4.79 Å². The number of benzene rings is 1. The zero-order valence-corrected chi connectivity index (χ0v) is 11.6. The second-order valence-electron chi connectivity index (χ2n) is 4.36. The van der Waals surface area contributed by atoms with Gasteiger partial charge in [0.2, 0.25) is 0 Å². The summed E-state index contributed by atoms with van der Waals surface area (Å²) in [6.45, 7) is 2.00. The highest BCUT2D eigenvalue weighted by atomic mass is 32.1. The number of carbonyl (C=O) groups is 1. The molecule has 0 aliphatic carbocycles. The standard InChI is InChI=1S/C13H12N4O2S/c1-2-3-10-12(13(18)19)15-16-17(10)8-4-5-9-11(6-8)20-7-14-9/h4-7H,2-3H2,1H3,(H,18,19). The minimum Gasteiger partial charge on any atom is -0.476 e. The zero-order chi connectivity index (χ0) is 14.1. The summed E-state index contributed by atoms with van der Waals surface area (Å²) in [6, 6.07) is 5.73. The van der Waals surface area contributed by atoms with E-state index in [4.69, 9.17) is 5.11 Å². The van der Waals surface area contributed by atoms with Crippen LogP contribution in [-0.4, -0.2) is 31.1 Å². The lowest BCUT2D eigenvalue weighted by Crippen LogP contribution is -2.06. The molecule has 7 heteroatoms. The molecule has 0 aliphatic heterocycles. The minimum atomic E-state index is -1.04. The van der Waals surface area contributed by atoms with Crippen LogP contribution in [0.5, 0.6) is 0 Å². The van der Waals surface area contributed by atoms with Gasteiger partial charge in [0, 0.05) is 0 Å². The van der Waals surface area contributed by atoms with Crippen LogP contribution in [0.25, 0.3) is 15.9 Å². The van der Waals surface area contributed by atoms with Gasteiger partial charge in [-0.15, -0.1) is 16.4 Å². The van der Waals surface area contributed by atoms with Crippen molar-refractivity contribution in [3.8, 4) is 5.69 Å². The molecule has 0 aliphatic rings. The Kier molecular flexibility index (Phi) is 3.19. The van der Waals surface area contributed by atoms with Crippen molar-refractivity contribution >= 4 is 27.5 Å². The molecular weight excluding hydrogens is 276 g/mol. The van der Waals surface area contributed by atoms with Crippen LogP contribution in [0.3, 0.4) is 0 Å². The van der Waals surface area contributed by atoms with Crippen LogP contribution in [0.2, 0.25) is 0 Å². The van der Waals surface area contributed by atoms with Gasteiger partial charge in [-0.25, -0.2) is 14.5 Å². The van der Waals surface area contributed by atoms with E-state index in [-0.39, 0.29) is 5.69 Å². The molecule has 2 aromatic heterocycles. The summed E-state index contributed by atoms with van der Waals surface area (Å²) in [7, 11) is 0. The largest absolute Gasteiger partial charge is 0.476 e. The number of rotatable bonds is 4. The maximum atomic E-state index is 11.2. The number of nitrogens with zero attached hydrogens (tertiary/aromatic N) is 4. The molecule has 0 amide bonds. The summed E-state index contributed by atoms with van der Waals surface area (Å²) < 4.78 is 2.64. The highest BCUT2D eigenvalue weighted by molar-refractivity contribution is 7.16. The Bertz CT molecular complexity index is 778. The maximum absolute atomic E-state index is 11.2. The first-order valence-electron chi connectivity index (χ1n) is 6.22. The summed E-state index contributed by atoms with van der Waals surface area (Å²) in [5, 5.41) is 16.9. The van der Waals surface area contributed by atoms with Gasteiger partial charge < -0.3 is 5.11 Å². The molecule has 2 heterocycles. The quantitative estimate of drug-likeness (QED) is 0.797. The summed E-state index contributed by atoms with van der Waals surface area (Å²) in [5.41, 5.74) is 4.17. The third-order valence-corrected chi connectivity index (χ3v) is 3.80. The Balaban J connectivity index is 2.14. The third-order valence-electron chi connectivity index (χ3n) is 3.01. The number of aromatic carboxylic acids is 1. The number of aromatic nitrogens is 4. The summed E-state index contributed by atoms with van der Waals surface area (Å²) in [4.78, 5) is 15.4. The van der Waals surface area contributed by atoms with Crippen molar-refractivity contribution in [2.24, 2.45) is 0 Å². The van der Waals surface area contributed by atoms with E-state index in [0.717, 1.165) is 22.3 Å². The summed E-state index contributed by atoms with van der Waals surface area (Å²) in [5.74, 6) is -1.04. The van der Waals surface area contributed by atoms with Crippen LogP contribution < -0.4 is 0 Å². The highest BCUT2D eigenvalue weighted by Crippen LogP contribution is 2.22. The van der Waals surface area contributed by atoms with Gasteiger partial charge in [0.1, 0.15) is 0 Å². The Hall–Kier alpha value is -2.28. The number of hydrogen-bond acceptors (Lipinski definition) is 5. The van der Waals surface area contributed by atoms with Gasteiger partial charge in [-0.2, -0.15) is 0 Å². The Morgan fingerprint density at radius 2 is 2.30 bits per heavy atom. The summed E-state index contributed by atoms with van der Waals surface area (Å²) >= 11 is 1.54. The van der Waals surface area contributed by atoms with Gasteiger partial charge in [-0.1, -0.05) is 18.6 Å². The zero-order valence-electron chi connectivity index (χ0n) is 10.8. The van der Waals surface area contributed by atoms with Gasteiger partial charge >= 0.3 is 5.97 Å². The third kappa shape index (κ3) is 2.05. The van der Waals surface area contributed by atoms with Gasteiger partial charge in [-0.3, -0.25) is 0 Å². The number of carboxylic acids is 1. The van der Waals surface area contributed by atoms with Crippen molar-refractivity contribution in [2.45, 2.75) is 19.8 Å². The van der Waals surface area contributed by atoms with Crippen LogP contribution in [0.1, 0.15) is 29.5 Å². The smallest absolute Gasteiger partial charge is 0.358 e. The van der Waals surface area contributed by atoms with Crippen LogP contribution in [0, 0.1) is 0 Å². The van der Waals surface area contributed by atoms with Crippen molar-refractivity contribution in [1.29, 1.82) is 0 Å². The molecular formula is C13H12N4O2S. The lowest BCUT2D eigenvalue weighted by atomic mass is 10.2. The van der Waals surface area contributed by atoms with E-state index < -0.39 is 5.97 Å².